The van der Waals surface area contributed by atoms with E-state index in [1.807, 2.05) is 26.0 Å². The lowest BCUT2D eigenvalue weighted by Gasteiger charge is -2.15. The second-order valence-corrected chi connectivity index (χ2v) is 5.56. The lowest BCUT2D eigenvalue weighted by molar-refractivity contribution is 0.0165. The van der Waals surface area contributed by atoms with Crippen LogP contribution < -0.4 is 0 Å². The average molecular weight is 342 g/mol. The van der Waals surface area contributed by atoms with E-state index < -0.39 is 13.0 Å². The molecule has 0 aromatic heterocycles. The molecule has 0 saturated carbocycles. The van der Waals surface area contributed by atoms with Crippen molar-refractivity contribution in [3.63, 3.8) is 0 Å². The topological polar surface area (TPSA) is 9.23 Å². The van der Waals surface area contributed by atoms with Crippen LogP contribution in [0.2, 0.25) is 0 Å². The van der Waals surface area contributed by atoms with Gasteiger partial charge in [-0.3, -0.25) is 0 Å². The molecule has 0 bridgehead atoms. The molecular weight excluding hydrogens is 325 g/mol. The Kier molecular flexibility index (Phi) is 6.53. The molecule has 1 aromatic rings. The number of hydrogen-bond donors (Lipinski definition) is 0. The molecule has 1 aromatic carbocycles. The highest BCUT2D eigenvalue weighted by molar-refractivity contribution is 9.10. The summed E-state index contributed by atoms with van der Waals surface area (Å²) in [5.74, 6) is 0. The second kappa shape index (κ2) is 7.41. The zero-order valence-corrected chi connectivity index (χ0v) is 12.7. The predicted octanol–water partition coefficient (Wildman–Crippen LogP) is 5.02. The molecule has 0 fully saturated rings. The summed E-state index contributed by atoms with van der Waals surface area (Å²) >= 11 is 9.73. The quantitative estimate of drug-likeness (QED) is 0.521. The summed E-state index contributed by atoms with van der Waals surface area (Å²) in [5, 5.41) is -0.213. The number of alkyl halides is 3. The van der Waals surface area contributed by atoms with Crippen molar-refractivity contribution >= 4 is 27.5 Å². The van der Waals surface area contributed by atoms with Gasteiger partial charge in [0.2, 0.25) is 0 Å². The maximum absolute atomic E-state index is 11.9. The fourth-order valence-corrected chi connectivity index (χ4v) is 2.44. The summed E-state index contributed by atoms with van der Waals surface area (Å²) < 4.78 is 29.6. The van der Waals surface area contributed by atoms with Crippen molar-refractivity contribution in [1.82, 2.24) is 0 Å². The molecule has 1 atom stereocenters. The average Bonchev–Trinajstić information content (AvgIpc) is 2.28. The van der Waals surface area contributed by atoms with Gasteiger partial charge in [-0.25, -0.2) is 8.78 Å². The first-order valence-corrected chi connectivity index (χ1v) is 6.91. The smallest absolute Gasteiger partial charge is 0.261 e. The van der Waals surface area contributed by atoms with Crippen LogP contribution in [0.5, 0.6) is 0 Å². The molecule has 0 aliphatic heterocycles. The Morgan fingerprint density at radius 3 is 2.56 bits per heavy atom. The molecule has 0 N–H and O–H groups in total. The van der Waals surface area contributed by atoms with E-state index in [9.17, 15) is 8.78 Å². The molecule has 1 unspecified atom stereocenters. The van der Waals surface area contributed by atoms with Gasteiger partial charge in [0.05, 0.1) is 5.38 Å². The molecule has 0 radical (unpaired) electrons. The molecule has 1 nitrogen and oxygen atoms in total. The summed E-state index contributed by atoms with van der Waals surface area (Å²) in [4.78, 5) is 0. The van der Waals surface area contributed by atoms with Crippen LogP contribution in [0.4, 0.5) is 8.78 Å². The molecule has 0 spiro atoms. The fourth-order valence-electron chi connectivity index (χ4n) is 1.66. The van der Waals surface area contributed by atoms with E-state index in [0.717, 1.165) is 21.2 Å². The molecule has 0 amide bonds. The first-order valence-electron chi connectivity index (χ1n) is 5.68. The maximum atomic E-state index is 11.9. The van der Waals surface area contributed by atoms with E-state index in [-0.39, 0.29) is 12.0 Å². The Morgan fingerprint density at radius 1 is 1.28 bits per heavy atom. The van der Waals surface area contributed by atoms with E-state index in [0.29, 0.717) is 6.42 Å². The summed E-state index contributed by atoms with van der Waals surface area (Å²) in [7, 11) is 0. The van der Waals surface area contributed by atoms with Gasteiger partial charge in [-0.05, 0) is 43.0 Å². The van der Waals surface area contributed by atoms with Gasteiger partial charge in [-0.2, -0.15) is 0 Å². The highest BCUT2D eigenvalue weighted by Gasteiger charge is 2.13. The second-order valence-electron chi connectivity index (χ2n) is 4.18. The summed E-state index contributed by atoms with van der Waals surface area (Å²) in [5.41, 5.74) is 3.22. The number of aryl methyl sites for hydroxylation is 2. The third-order valence-electron chi connectivity index (χ3n) is 2.64. The van der Waals surface area contributed by atoms with Crippen molar-refractivity contribution in [2.75, 3.05) is 13.2 Å². The van der Waals surface area contributed by atoms with Crippen LogP contribution in [0.15, 0.2) is 16.6 Å². The standard InChI is InChI=1S/C13H16BrClF2O/c1-8-6-11(14)9(2)5-10(8)12(15)3-4-18-7-13(16)17/h5-6,12-13H,3-4,7H2,1-2H3. The zero-order chi connectivity index (χ0) is 13.7. The summed E-state index contributed by atoms with van der Waals surface area (Å²) in [6, 6.07) is 4.03. The van der Waals surface area contributed by atoms with Gasteiger partial charge in [0, 0.05) is 11.1 Å². The van der Waals surface area contributed by atoms with Crippen molar-refractivity contribution in [1.29, 1.82) is 0 Å². The zero-order valence-electron chi connectivity index (χ0n) is 10.4. The predicted molar refractivity (Wildman–Crippen MR) is 73.7 cm³/mol. The van der Waals surface area contributed by atoms with Gasteiger partial charge >= 0.3 is 0 Å². The minimum absolute atomic E-state index is 0.213. The largest absolute Gasteiger partial charge is 0.375 e. The monoisotopic (exact) mass is 340 g/mol. The van der Waals surface area contributed by atoms with E-state index in [4.69, 9.17) is 16.3 Å². The third-order valence-corrected chi connectivity index (χ3v) is 3.95. The van der Waals surface area contributed by atoms with E-state index in [2.05, 4.69) is 15.9 Å². The Bertz CT molecular complexity index is 399. The van der Waals surface area contributed by atoms with Crippen molar-refractivity contribution in [3.8, 4) is 0 Å². The molecule has 1 rings (SSSR count). The third kappa shape index (κ3) is 4.82. The van der Waals surface area contributed by atoms with Crippen LogP contribution in [0.1, 0.15) is 28.5 Å². The van der Waals surface area contributed by atoms with E-state index >= 15 is 0 Å². The maximum Gasteiger partial charge on any atom is 0.261 e. The molecule has 0 aliphatic carbocycles. The van der Waals surface area contributed by atoms with Gasteiger partial charge in [-0.15, -0.1) is 11.6 Å². The van der Waals surface area contributed by atoms with Crippen LogP contribution in [0.3, 0.4) is 0 Å². The van der Waals surface area contributed by atoms with Crippen LogP contribution in [-0.2, 0) is 4.74 Å². The first kappa shape index (κ1) is 15.9. The lowest BCUT2D eigenvalue weighted by atomic mass is 10.0. The molecule has 0 saturated heterocycles. The first-order chi connectivity index (χ1) is 8.41. The Morgan fingerprint density at radius 2 is 1.94 bits per heavy atom. The molecule has 0 heterocycles. The normalized spacial score (nSPS) is 13.1. The fraction of sp³-hybridized carbons (Fsp3) is 0.538. The van der Waals surface area contributed by atoms with Gasteiger partial charge in [0.15, 0.2) is 0 Å². The Labute approximate surface area is 120 Å². The minimum atomic E-state index is -2.42. The summed E-state index contributed by atoms with van der Waals surface area (Å²) in [6.45, 7) is 3.69. The number of ether oxygens (including phenoxy) is 1. The van der Waals surface area contributed by atoms with Crippen LogP contribution in [0, 0.1) is 13.8 Å². The molecule has 0 aliphatic rings. The highest BCUT2D eigenvalue weighted by atomic mass is 79.9. The van der Waals surface area contributed by atoms with Crippen molar-refractivity contribution in [2.24, 2.45) is 0 Å². The van der Waals surface area contributed by atoms with Crippen molar-refractivity contribution < 1.29 is 13.5 Å². The number of hydrogen-bond acceptors (Lipinski definition) is 1. The molecular formula is C13H16BrClF2O. The number of benzene rings is 1. The SMILES string of the molecule is Cc1cc(C(Cl)CCOCC(F)F)c(C)cc1Br. The number of halogens is 4. The van der Waals surface area contributed by atoms with Gasteiger partial charge in [0.25, 0.3) is 6.43 Å². The van der Waals surface area contributed by atoms with Crippen molar-refractivity contribution in [2.45, 2.75) is 32.1 Å². The molecule has 18 heavy (non-hydrogen) atoms. The summed E-state index contributed by atoms with van der Waals surface area (Å²) in [6.07, 6.45) is -1.90. The van der Waals surface area contributed by atoms with Gasteiger partial charge in [-0.1, -0.05) is 22.0 Å². The van der Waals surface area contributed by atoms with Gasteiger partial charge in [0.1, 0.15) is 6.61 Å². The van der Waals surface area contributed by atoms with Crippen LogP contribution >= 0.6 is 27.5 Å². The molecule has 102 valence electrons. The van der Waals surface area contributed by atoms with E-state index in [1.165, 1.54) is 0 Å². The minimum Gasteiger partial charge on any atom is -0.375 e. The Balaban J connectivity index is 2.56. The van der Waals surface area contributed by atoms with Gasteiger partial charge < -0.3 is 4.74 Å². The molecule has 5 heteroatoms. The Hall–Kier alpha value is -0.190. The number of rotatable bonds is 6. The van der Waals surface area contributed by atoms with E-state index in [1.54, 1.807) is 0 Å². The highest BCUT2D eigenvalue weighted by Crippen LogP contribution is 2.31. The van der Waals surface area contributed by atoms with Crippen molar-refractivity contribution in [3.05, 3.63) is 33.3 Å². The lowest BCUT2D eigenvalue weighted by Crippen LogP contribution is -2.07. The van der Waals surface area contributed by atoms with Crippen LogP contribution in [-0.4, -0.2) is 19.6 Å². The van der Waals surface area contributed by atoms with Crippen LogP contribution in [0.25, 0.3) is 0 Å².